The SMILES string of the molecule is CC(C)(COCC1CO1)COCC1CO1. The third kappa shape index (κ3) is 4.93. The molecule has 0 bridgehead atoms. The third-order valence-electron chi connectivity index (χ3n) is 2.40. The lowest BCUT2D eigenvalue weighted by Gasteiger charge is -2.23. The summed E-state index contributed by atoms with van der Waals surface area (Å²) in [5.74, 6) is 0. The van der Waals surface area contributed by atoms with Gasteiger partial charge in [0.1, 0.15) is 12.2 Å². The third-order valence-corrected chi connectivity index (χ3v) is 2.40. The van der Waals surface area contributed by atoms with E-state index in [2.05, 4.69) is 13.8 Å². The Kier molecular flexibility index (Phi) is 3.61. The Bertz CT molecular complexity index is 177. The largest absolute Gasteiger partial charge is 0.378 e. The first kappa shape index (κ1) is 11.3. The zero-order chi connectivity index (χ0) is 10.7. The molecule has 2 unspecified atom stereocenters. The van der Waals surface area contributed by atoms with E-state index in [-0.39, 0.29) is 5.41 Å². The minimum atomic E-state index is 0.0732. The topological polar surface area (TPSA) is 43.5 Å². The highest BCUT2D eigenvalue weighted by Crippen LogP contribution is 2.19. The van der Waals surface area contributed by atoms with Crippen molar-refractivity contribution in [2.75, 3.05) is 39.6 Å². The van der Waals surface area contributed by atoms with Crippen LogP contribution in [0.2, 0.25) is 0 Å². The molecule has 2 fully saturated rings. The van der Waals surface area contributed by atoms with Crippen molar-refractivity contribution in [2.24, 2.45) is 5.41 Å². The molecule has 0 aromatic rings. The van der Waals surface area contributed by atoms with E-state index in [0.717, 1.165) is 39.6 Å². The van der Waals surface area contributed by atoms with Gasteiger partial charge in [-0.05, 0) is 0 Å². The van der Waals surface area contributed by atoms with Crippen LogP contribution < -0.4 is 0 Å². The maximum absolute atomic E-state index is 5.56. The molecule has 2 heterocycles. The average Bonchev–Trinajstić information content (AvgIpc) is 2.97. The Hall–Kier alpha value is -0.160. The number of ether oxygens (including phenoxy) is 4. The van der Waals surface area contributed by atoms with Crippen molar-refractivity contribution >= 4 is 0 Å². The average molecular weight is 216 g/mol. The molecule has 15 heavy (non-hydrogen) atoms. The van der Waals surface area contributed by atoms with E-state index in [1.54, 1.807) is 0 Å². The van der Waals surface area contributed by atoms with Crippen molar-refractivity contribution in [1.29, 1.82) is 0 Å². The molecule has 2 saturated heterocycles. The van der Waals surface area contributed by atoms with Gasteiger partial charge in [-0.3, -0.25) is 0 Å². The summed E-state index contributed by atoms with van der Waals surface area (Å²) in [6.45, 7) is 8.88. The molecule has 2 aliphatic rings. The van der Waals surface area contributed by atoms with Gasteiger partial charge in [-0.2, -0.15) is 0 Å². The van der Waals surface area contributed by atoms with Crippen LogP contribution in [0.25, 0.3) is 0 Å². The second-order valence-corrected chi connectivity index (χ2v) is 5.11. The summed E-state index contributed by atoms with van der Waals surface area (Å²) in [6, 6.07) is 0. The minimum Gasteiger partial charge on any atom is -0.378 e. The van der Waals surface area contributed by atoms with E-state index < -0.39 is 0 Å². The molecule has 2 rings (SSSR count). The van der Waals surface area contributed by atoms with E-state index in [9.17, 15) is 0 Å². The maximum Gasteiger partial charge on any atom is 0.104 e. The lowest BCUT2D eigenvalue weighted by molar-refractivity contribution is -0.0101. The molecule has 0 spiro atoms. The Morgan fingerprint density at radius 2 is 1.40 bits per heavy atom. The fraction of sp³-hybridized carbons (Fsp3) is 1.00. The summed E-state index contributed by atoms with van der Waals surface area (Å²) < 4.78 is 21.3. The zero-order valence-electron chi connectivity index (χ0n) is 9.53. The summed E-state index contributed by atoms with van der Waals surface area (Å²) in [5, 5.41) is 0. The first-order valence-corrected chi connectivity index (χ1v) is 5.54. The van der Waals surface area contributed by atoms with Crippen molar-refractivity contribution in [3.8, 4) is 0 Å². The normalized spacial score (nSPS) is 29.2. The van der Waals surface area contributed by atoms with Crippen LogP contribution in [0, 0.1) is 5.41 Å². The van der Waals surface area contributed by atoms with Gasteiger partial charge in [0.25, 0.3) is 0 Å². The number of hydrogen-bond acceptors (Lipinski definition) is 4. The van der Waals surface area contributed by atoms with Crippen molar-refractivity contribution in [3.63, 3.8) is 0 Å². The second-order valence-electron chi connectivity index (χ2n) is 5.11. The zero-order valence-corrected chi connectivity index (χ0v) is 9.53. The number of hydrogen-bond donors (Lipinski definition) is 0. The quantitative estimate of drug-likeness (QED) is 0.564. The van der Waals surface area contributed by atoms with Crippen molar-refractivity contribution < 1.29 is 18.9 Å². The van der Waals surface area contributed by atoms with E-state index in [0.29, 0.717) is 12.2 Å². The van der Waals surface area contributed by atoms with Gasteiger partial charge in [0.05, 0.1) is 39.6 Å². The summed E-state index contributed by atoms with van der Waals surface area (Å²) >= 11 is 0. The van der Waals surface area contributed by atoms with Gasteiger partial charge in [0.2, 0.25) is 0 Å². The van der Waals surface area contributed by atoms with Crippen LogP contribution in [0.5, 0.6) is 0 Å². The molecule has 0 amide bonds. The van der Waals surface area contributed by atoms with Crippen LogP contribution >= 0.6 is 0 Å². The molecule has 2 atom stereocenters. The maximum atomic E-state index is 5.56. The predicted molar refractivity (Wildman–Crippen MR) is 54.9 cm³/mol. The number of rotatable bonds is 8. The van der Waals surface area contributed by atoms with Crippen molar-refractivity contribution in [2.45, 2.75) is 26.1 Å². The van der Waals surface area contributed by atoms with Gasteiger partial charge in [0, 0.05) is 5.41 Å². The van der Waals surface area contributed by atoms with E-state index in [1.165, 1.54) is 0 Å². The molecule has 0 aliphatic carbocycles. The molecule has 0 radical (unpaired) electrons. The van der Waals surface area contributed by atoms with Gasteiger partial charge in [0.15, 0.2) is 0 Å². The summed E-state index contributed by atoms with van der Waals surface area (Å²) in [6.07, 6.45) is 0.697. The first-order chi connectivity index (χ1) is 7.16. The van der Waals surface area contributed by atoms with Crippen LogP contribution in [-0.4, -0.2) is 51.8 Å². The Labute approximate surface area is 90.8 Å². The van der Waals surface area contributed by atoms with Crippen molar-refractivity contribution in [3.05, 3.63) is 0 Å². The van der Waals surface area contributed by atoms with Gasteiger partial charge in [-0.15, -0.1) is 0 Å². The highest BCUT2D eigenvalue weighted by Gasteiger charge is 2.27. The lowest BCUT2D eigenvalue weighted by Crippen LogP contribution is -2.27. The highest BCUT2D eigenvalue weighted by molar-refractivity contribution is 4.72. The number of epoxide rings is 2. The smallest absolute Gasteiger partial charge is 0.104 e. The fourth-order valence-corrected chi connectivity index (χ4v) is 1.30. The molecule has 88 valence electrons. The van der Waals surface area contributed by atoms with E-state index in [4.69, 9.17) is 18.9 Å². The Morgan fingerprint density at radius 3 is 1.73 bits per heavy atom. The Morgan fingerprint density at radius 1 is 1.00 bits per heavy atom. The summed E-state index contributed by atoms with van der Waals surface area (Å²) in [4.78, 5) is 0. The van der Waals surface area contributed by atoms with Gasteiger partial charge in [-0.25, -0.2) is 0 Å². The lowest BCUT2D eigenvalue weighted by atomic mass is 9.96. The molecular formula is C11H20O4. The Balaban J connectivity index is 1.50. The van der Waals surface area contributed by atoms with Gasteiger partial charge >= 0.3 is 0 Å². The van der Waals surface area contributed by atoms with E-state index in [1.807, 2.05) is 0 Å². The minimum absolute atomic E-state index is 0.0732. The molecule has 0 N–H and O–H groups in total. The molecule has 0 saturated carbocycles. The van der Waals surface area contributed by atoms with E-state index >= 15 is 0 Å². The second kappa shape index (κ2) is 4.78. The molecule has 0 aromatic carbocycles. The molecule has 2 aliphatic heterocycles. The molecule has 0 aromatic heterocycles. The van der Waals surface area contributed by atoms with Crippen LogP contribution in [0.15, 0.2) is 0 Å². The van der Waals surface area contributed by atoms with Crippen molar-refractivity contribution in [1.82, 2.24) is 0 Å². The highest BCUT2D eigenvalue weighted by atomic mass is 16.6. The van der Waals surface area contributed by atoms with Crippen LogP contribution in [0.3, 0.4) is 0 Å². The van der Waals surface area contributed by atoms with Crippen LogP contribution in [0.4, 0.5) is 0 Å². The summed E-state index contributed by atoms with van der Waals surface area (Å²) in [5.41, 5.74) is 0.0732. The monoisotopic (exact) mass is 216 g/mol. The fourth-order valence-electron chi connectivity index (χ4n) is 1.30. The molecule has 4 nitrogen and oxygen atoms in total. The standard InChI is InChI=1S/C11H20O4/c1-11(2,7-12-3-9-5-14-9)8-13-4-10-6-15-10/h9-10H,3-8H2,1-2H3. The van der Waals surface area contributed by atoms with Crippen LogP contribution in [0.1, 0.15) is 13.8 Å². The van der Waals surface area contributed by atoms with Crippen LogP contribution in [-0.2, 0) is 18.9 Å². The van der Waals surface area contributed by atoms with Gasteiger partial charge in [-0.1, -0.05) is 13.8 Å². The first-order valence-electron chi connectivity index (χ1n) is 5.54. The van der Waals surface area contributed by atoms with Gasteiger partial charge < -0.3 is 18.9 Å². The predicted octanol–water partition coefficient (Wildman–Crippen LogP) is 0.843. The molecule has 4 heteroatoms. The molecular weight excluding hydrogens is 196 g/mol. The summed E-state index contributed by atoms with van der Waals surface area (Å²) in [7, 11) is 0.